The van der Waals surface area contributed by atoms with Crippen molar-refractivity contribution >= 4 is 17.6 Å². The van der Waals surface area contributed by atoms with Gasteiger partial charge in [0.15, 0.2) is 0 Å². The molecule has 0 saturated carbocycles. The monoisotopic (exact) mass is 377 g/mol. The first-order chi connectivity index (χ1) is 13.7. The molecule has 4 rings (SSSR count). The first-order valence-electron chi connectivity index (χ1n) is 10.2. The zero-order valence-electron chi connectivity index (χ0n) is 16.1. The van der Waals surface area contributed by atoms with Gasteiger partial charge in [-0.05, 0) is 60.9 Å². The van der Waals surface area contributed by atoms with Crippen LogP contribution in [-0.4, -0.2) is 29.9 Å². The fourth-order valence-electron chi connectivity index (χ4n) is 4.12. The van der Waals surface area contributed by atoms with E-state index in [1.165, 1.54) is 17.5 Å². The molecule has 5 heteroatoms. The fourth-order valence-corrected chi connectivity index (χ4v) is 4.12. The van der Waals surface area contributed by atoms with Gasteiger partial charge in [-0.1, -0.05) is 36.4 Å². The molecular weight excluding hydrogens is 350 g/mol. The lowest BCUT2D eigenvalue weighted by Crippen LogP contribution is -2.45. The molecule has 1 aliphatic heterocycles. The van der Waals surface area contributed by atoms with E-state index in [1.54, 1.807) is 0 Å². The van der Waals surface area contributed by atoms with Crippen LogP contribution in [0.15, 0.2) is 48.5 Å². The van der Waals surface area contributed by atoms with Crippen molar-refractivity contribution in [1.29, 1.82) is 0 Å². The third-order valence-corrected chi connectivity index (χ3v) is 5.81. The Balaban J connectivity index is 1.24. The lowest BCUT2D eigenvalue weighted by molar-refractivity contribution is -0.121. The summed E-state index contributed by atoms with van der Waals surface area (Å²) >= 11 is 0. The quantitative estimate of drug-likeness (QED) is 0.853. The smallest absolute Gasteiger partial charge is 0.317 e. The summed E-state index contributed by atoms with van der Waals surface area (Å²) in [6.45, 7) is 1.75. The van der Waals surface area contributed by atoms with Gasteiger partial charge >= 0.3 is 6.03 Å². The van der Waals surface area contributed by atoms with Gasteiger partial charge in [0.1, 0.15) is 0 Å². The molecule has 0 radical (unpaired) electrons. The van der Waals surface area contributed by atoms with Crippen molar-refractivity contribution in [3.05, 3.63) is 65.2 Å². The number of likely N-dealkylation sites (tertiary alicyclic amines) is 1. The van der Waals surface area contributed by atoms with Crippen LogP contribution in [0.5, 0.6) is 0 Å². The molecular formula is C23H27N3O2. The Hall–Kier alpha value is -2.82. The van der Waals surface area contributed by atoms with E-state index in [0.717, 1.165) is 24.1 Å². The average molecular weight is 377 g/mol. The Morgan fingerprint density at radius 2 is 1.71 bits per heavy atom. The van der Waals surface area contributed by atoms with E-state index in [9.17, 15) is 9.59 Å². The summed E-state index contributed by atoms with van der Waals surface area (Å²) in [5.74, 6) is 0.0359. The number of benzene rings is 2. The topological polar surface area (TPSA) is 61.4 Å². The Labute approximate surface area is 166 Å². The third kappa shape index (κ3) is 4.35. The maximum atomic E-state index is 12.6. The van der Waals surface area contributed by atoms with E-state index in [4.69, 9.17) is 0 Å². The second-order valence-corrected chi connectivity index (χ2v) is 7.73. The van der Waals surface area contributed by atoms with E-state index in [1.807, 2.05) is 41.3 Å². The first kappa shape index (κ1) is 18.5. The van der Waals surface area contributed by atoms with Crippen molar-refractivity contribution in [2.45, 2.75) is 38.6 Å². The van der Waals surface area contributed by atoms with Crippen molar-refractivity contribution in [2.75, 3.05) is 18.4 Å². The van der Waals surface area contributed by atoms with Gasteiger partial charge in [0, 0.05) is 31.2 Å². The standard InChI is InChI=1S/C23H27N3O2/c27-22(25-21-10-9-18-7-4-8-20(18)15-21)19-11-13-26(14-12-19)23(28)24-16-17-5-2-1-3-6-17/h1-3,5-6,9-10,15,19H,4,7-8,11-14,16H2,(H,24,28)(H,25,27). The molecule has 2 aromatic carbocycles. The van der Waals surface area contributed by atoms with Crippen molar-refractivity contribution in [3.8, 4) is 0 Å². The highest BCUT2D eigenvalue weighted by Gasteiger charge is 2.27. The number of aryl methyl sites for hydroxylation is 2. The predicted octanol–water partition coefficient (Wildman–Crippen LogP) is 3.74. The number of nitrogens with one attached hydrogen (secondary N) is 2. The van der Waals surface area contributed by atoms with Gasteiger partial charge in [-0.15, -0.1) is 0 Å². The van der Waals surface area contributed by atoms with Crippen molar-refractivity contribution in [2.24, 2.45) is 5.92 Å². The molecule has 5 nitrogen and oxygen atoms in total. The second kappa shape index (κ2) is 8.46. The van der Waals surface area contributed by atoms with Crippen molar-refractivity contribution in [1.82, 2.24) is 10.2 Å². The zero-order chi connectivity index (χ0) is 19.3. The molecule has 146 valence electrons. The summed E-state index contributed by atoms with van der Waals surface area (Å²) in [6.07, 6.45) is 4.87. The number of piperidine rings is 1. The molecule has 0 bridgehead atoms. The van der Waals surface area contributed by atoms with Crippen LogP contribution in [0.3, 0.4) is 0 Å². The van der Waals surface area contributed by atoms with Gasteiger partial charge in [0.05, 0.1) is 0 Å². The largest absolute Gasteiger partial charge is 0.334 e. The van der Waals surface area contributed by atoms with Crippen LogP contribution in [0.25, 0.3) is 0 Å². The maximum absolute atomic E-state index is 12.6. The summed E-state index contributed by atoms with van der Waals surface area (Å²) in [5.41, 5.74) is 4.75. The molecule has 1 fully saturated rings. The number of amides is 3. The number of hydrogen-bond acceptors (Lipinski definition) is 2. The van der Waals surface area contributed by atoms with E-state index >= 15 is 0 Å². The molecule has 2 aromatic rings. The lowest BCUT2D eigenvalue weighted by atomic mass is 9.96. The highest BCUT2D eigenvalue weighted by Crippen LogP contribution is 2.26. The van der Waals surface area contributed by atoms with Gasteiger partial charge < -0.3 is 15.5 Å². The summed E-state index contributed by atoms with van der Waals surface area (Å²) in [5, 5.41) is 6.04. The number of nitrogens with zero attached hydrogens (tertiary/aromatic N) is 1. The molecule has 0 unspecified atom stereocenters. The van der Waals surface area contributed by atoms with Crippen molar-refractivity contribution < 1.29 is 9.59 Å². The van der Waals surface area contributed by atoms with Gasteiger partial charge in [0.2, 0.25) is 5.91 Å². The third-order valence-electron chi connectivity index (χ3n) is 5.81. The minimum Gasteiger partial charge on any atom is -0.334 e. The highest BCUT2D eigenvalue weighted by atomic mass is 16.2. The molecule has 1 aliphatic carbocycles. The molecule has 1 heterocycles. The number of carbonyl (C=O) groups is 2. The minimum atomic E-state index is -0.0543. The minimum absolute atomic E-state index is 0.0357. The maximum Gasteiger partial charge on any atom is 0.317 e. The van der Waals surface area contributed by atoms with Gasteiger partial charge in [-0.3, -0.25) is 4.79 Å². The Bertz CT molecular complexity index is 842. The fraction of sp³-hybridized carbons (Fsp3) is 0.391. The molecule has 2 aliphatic rings. The van der Waals surface area contributed by atoms with Crippen LogP contribution in [0.1, 0.15) is 36.0 Å². The molecule has 2 N–H and O–H groups in total. The number of fused-ring (bicyclic) bond motifs is 1. The summed E-state index contributed by atoms with van der Waals surface area (Å²) in [6, 6.07) is 16.1. The average Bonchev–Trinajstić information content (AvgIpc) is 3.21. The normalized spacial score (nSPS) is 16.5. The van der Waals surface area contributed by atoms with Crippen LogP contribution < -0.4 is 10.6 Å². The summed E-state index contributed by atoms with van der Waals surface area (Å²) in [4.78, 5) is 26.8. The number of carbonyl (C=O) groups excluding carboxylic acids is 2. The summed E-state index contributed by atoms with van der Waals surface area (Å²) in [7, 11) is 0. The number of anilines is 1. The van der Waals surface area contributed by atoms with E-state index in [-0.39, 0.29) is 17.9 Å². The van der Waals surface area contributed by atoms with Crippen LogP contribution in [-0.2, 0) is 24.2 Å². The molecule has 0 spiro atoms. The Morgan fingerprint density at radius 3 is 2.50 bits per heavy atom. The molecule has 3 amide bonds. The lowest BCUT2D eigenvalue weighted by Gasteiger charge is -2.31. The highest BCUT2D eigenvalue weighted by molar-refractivity contribution is 5.93. The van der Waals surface area contributed by atoms with Crippen LogP contribution in [0, 0.1) is 5.92 Å². The predicted molar refractivity (Wildman–Crippen MR) is 110 cm³/mol. The summed E-state index contributed by atoms with van der Waals surface area (Å²) < 4.78 is 0. The second-order valence-electron chi connectivity index (χ2n) is 7.73. The van der Waals surface area contributed by atoms with E-state index in [2.05, 4.69) is 22.8 Å². The van der Waals surface area contributed by atoms with Crippen molar-refractivity contribution in [3.63, 3.8) is 0 Å². The van der Waals surface area contributed by atoms with Crippen LogP contribution in [0.4, 0.5) is 10.5 Å². The van der Waals surface area contributed by atoms with Crippen LogP contribution >= 0.6 is 0 Å². The van der Waals surface area contributed by atoms with Gasteiger partial charge in [-0.25, -0.2) is 4.79 Å². The van der Waals surface area contributed by atoms with Gasteiger partial charge in [-0.2, -0.15) is 0 Å². The Kier molecular flexibility index (Phi) is 5.60. The molecule has 0 atom stereocenters. The zero-order valence-corrected chi connectivity index (χ0v) is 16.1. The first-order valence-corrected chi connectivity index (χ1v) is 10.2. The van der Waals surface area contributed by atoms with Crippen LogP contribution in [0.2, 0.25) is 0 Å². The van der Waals surface area contributed by atoms with Gasteiger partial charge in [0.25, 0.3) is 0 Å². The molecule has 1 saturated heterocycles. The SMILES string of the molecule is O=C(Nc1ccc2c(c1)CCC2)C1CCN(C(=O)NCc2ccccc2)CC1. The number of hydrogen-bond donors (Lipinski definition) is 2. The molecule has 0 aromatic heterocycles. The Morgan fingerprint density at radius 1 is 0.964 bits per heavy atom. The van der Waals surface area contributed by atoms with E-state index < -0.39 is 0 Å². The van der Waals surface area contributed by atoms with E-state index in [0.29, 0.717) is 32.5 Å². The number of rotatable bonds is 4. The molecule has 28 heavy (non-hydrogen) atoms. The number of urea groups is 1.